The maximum atomic E-state index is 5.28. The smallest absolute Gasteiger partial charge is 0.0630 e. The number of hydrogen-bond acceptors (Lipinski definition) is 3. The molecule has 0 radical (unpaired) electrons. The van der Waals surface area contributed by atoms with Crippen LogP contribution in [0.25, 0.3) is 0 Å². The minimum Gasteiger partial charge on any atom is -0.383 e. The second kappa shape index (κ2) is 5.83. The van der Waals surface area contributed by atoms with E-state index in [9.17, 15) is 0 Å². The van der Waals surface area contributed by atoms with Gasteiger partial charge in [-0.25, -0.2) is 0 Å². The van der Waals surface area contributed by atoms with Gasteiger partial charge in [-0.2, -0.15) is 0 Å². The Morgan fingerprint density at radius 3 is 2.40 bits per heavy atom. The first-order valence-electron chi connectivity index (χ1n) is 5.96. The van der Waals surface area contributed by atoms with Crippen molar-refractivity contribution in [3.63, 3.8) is 0 Å². The Morgan fingerprint density at radius 2 is 1.93 bits per heavy atom. The molecule has 0 spiro atoms. The molecule has 1 unspecified atom stereocenters. The molecule has 0 aliphatic carbocycles. The van der Waals surface area contributed by atoms with E-state index < -0.39 is 0 Å². The second-order valence-electron chi connectivity index (χ2n) is 5.37. The van der Waals surface area contributed by atoms with Gasteiger partial charge in [0.25, 0.3) is 0 Å². The molecule has 90 valence electrons. The summed E-state index contributed by atoms with van der Waals surface area (Å²) in [6, 6.07) is 0.538. The molecule has 1 aliphatic rings. The van der Waals surface area contributed by atoms with Gasteiger partial charge in [-0.05, 0) is 38.4 Å². The number of ether oxygens (including phenoxy) is 1. The fraction of sp³-hybridized carbons (Fsp3) is 1.00. The summed E-state index contributed by atoms with van der Waals surface area (Å²) in [5, 5.41) is 3.25. The molecule has 1 atom stereocenters. The third kappa shape index (κ3) is 4.09. The maximum absolute atomic E-state index is 5.28. The van der Waals surface area contributed by atoms with Crippen LogP contribution in [0.4, 0.5) is 0 Å². The first kappa shape index (κ1) is 12.9. The molecule has 1 saturated heterocycles. The van der Waals surface area contributed by atoms with Crippen LogP contribution in [0, 0.1) is 5.41 Å². The van der Waals surface area contributed by atoms with Crippen LogP contribution in [-0.2, 0) is 4.74 Å². The number of piperidine rings is 1. The fourth-order valence-electron chi connectivity index (χ4n) is 2.22. The van der Waals surface area contributed by atoms with E-state index in [4.69, 9.17) is 4.74 Å². The summed E-state index contributed by atoms with van der Waals surface area (Å²) >= 11 is 0. The van der Waals surface area contributed by atoms with Crippen molar-refractivity contribution in [3.8, 4) is 0 Å². The molecule has 0 amide bonds. The zero-order chi connectivity index (χ0) is 11.3. The lowest BCUT2D eigenvalue weighted by Crippen LogP contribution is -2.49. The summed E-state index contributed by atoms with van der Waals surface area (Å²) < 4.78 is 5.28. The Morgan fingerprint density at radius 1 is 1.33 bits per heavy atom. The summed E-state index contributed by atoms with van der Waals surface area (Å²) in [6.45, 7) is 9.02. The lowest BCUT2D eigenvalue weighted by Gasteiger charge is -2.40. The maximum Gasteiger partial charge on any atom is 0.0630 e. The van der Waals surface area contributed by atoms with E-state index in [1.54, 1.807) is 7.11 Å². The normalized spacial score (nSPS) is 24.0. The zero-order valence-corrected chi connectivity index (χ0v) is 10.7. The molecule has 0 aromatic rings. The van der Waals surface area contributed by atoms with Crippen LogP contribution < -0.4 is 5.32 Å². The van der Waals surface area contributed by atoms with Crippen LogP contribution in [0.15, 0.2) is 0 Å². The van der Waals surface area contributed by atoms with Gasteiger partial charge in [0.15, 0.2) is 0 Å². The highest BCUT2D eigenvalue weighted by atomic mass is 16.5. The van der Waals surface area contributed by atoms with E-state index >= 15 is 0 Å². The predicted molar refractivity (Wildman–Crippen MR) is 64.2 cm³/mol. The minimum absolute atomic E-state index is 0.535. The van der Waals surface area contributed by atoms with E-state index in [-0.39, 0.29) is 0 Å². The lowest BCUT2D eigenvalue weighted by molar-refractivity contribution is 0.0476. The zero-order valence-electron chi connectivity index (χ0n) is 10.7. The van der Waals surface area contributed by atoms with Crippen molar-refractivity contribution in [3.05, 3.63) is 0 Å². The predicted octanol–water partition coefficient (Wildman–Crippen LogP) is 1.34. The molecule has 0 saturated carbocycles. The highest BCUT2D eigenvalue weighted by Gasteiger charge is 2.28. The Balaban J connectivity index is 2.41. The number of nitrogens with one attached hydrogen (secondary N) is 1. The van der Waals surface area contributed by atoms with Crippen molar-refractivity contribution in [2.45, 2.75) is 32.7 Å². The van der Waals surface area contributed by atoms with E-state index in [1.165, 1.54) is 25.9 Å². The molecule has 1 rings (SSSR count). The standard InChI is InChI=1S/C12H26N2O/c1-12(2)5-7-14(8-6-12)11(9-13-3)10-15-4/h11,13H,5-10H2,1-4H3. The van der Waals surface area contributed by atoms with E-state index in [2.05, 4.69) is 24.1 Å². The van der Waals surface area contributed by atoms with Gasteiger partial charge < -0.3 is 10.1 Å². The molecule has 1 heterocycles. The van der Waals surface area contributed by atoms with Crippen LogP contribution in [0.1, 0.15) is 26.7 Å². The van der Waals surface area contributed by atoms with Crippen LogP contribution in [-0.4, -0.2) is 51.3 Å². The van der Waals surface area contributed by atoms with Crippen molar-refractivity contribution < 1.29 is 4.74 Å². The molecule has 0 aromatic heterocycles. The topological polar surface area (TPSA) is 24.5 Å². The average molecular weight is 214 g/mol. The molecule has 0 aromatic carbocycles. The van der Waals surface area contributed by atoms with Crippen molar-refractivity contribution in [2.24, 2.45) is 5.41 Å². The number of methoxy groups -OCH3 is 1. The number of rotatable bonds is 5. The number of hydrogen-bond donors (Lipinski definition) is 1. The van der Waals surface area contributed by atoms with Gasteiger partial charge in [0, 0.05) is 19.7 Å². The van der Waals surface area contributed by atoms with Crippen LogP contribution in [0.5, 0.6) is 0 Å². The fourth-order valence-corrected chi connectivity index (χ4v) is 2.22. The molecule has 3 nitrogen and oxygen atoms in total. The number of likely N-dealkylation sites (N-methyl/N-ethyl adjacent to an activating group) is 1. The Bertz CT molecular complexity index is 166. The van der Waals surface area contributed by atoms with Crippen molar-refractivity contribution in [1.82, 2.24) is 10.2 Å². The summed E-state index contributed by atoms with van der Waals surface area (Å²) in [5.74, 6) is 0. The van der Waals surface area contributed by atoms with Gasteiger partial charge >= 0.3 is 0 Å². The lowest BCUT2D eigenvalue weighted by atomic mass is 9.82. The number of likely N-dealkylation sites (tertiary alicyclic amines) is 1. The number of nitrogens with zero attached hydrogens (tertiary/aromatic N) is 1. The molecule has 3 heteroatoms. The largest absolute Gasteiger partial charge is 0.383 e. The Labute approximate surface area is 94.2 Å². The summed E-state index contributed by atoms with van der Waals surface area (Å²) in [6.07, 6.45) is 2.61. The molecule has 0 bridgehead atoms. The van der Waals surface area contributed by atoms with Crippen molar-refractivity contribution >= 4 is 0 Å². The van der Waals surface area contributed by atoms with Gasteiger partial charge in [-0.3, -0.25) is 4.90 Å². The van der Waals surface area contributed by atoms with Crippen molar-refractivity contribution in [1.29, 1.82) is 0 Å². The Hall–Kier alpha value is -0.120. The molecule has 15 heavy (non-hydrogen) atoms. The van der Waals surface area contributed by atoms with E-state index in [0.717, 1.165) is 13.2 Å². The minimum atomic E-state index is 0.535. The highest BCUT2D eigenvalue weighted by Crippen LogP contribution is 2.30. The van der Waals surface area contributed by atoms with Crippen LogP contribution >= 0.6 is 0 Å². The quantitative estimate of drug-likeness (QED) is 0.747. The first-order chi connectivity index (χ1) is 7.09. The van der Waals surface area contributed by atoms with Gasteiger partial charge in [0.05, 0.1) is 6.61 Å². The molecule has 1 aliphatic heterocycles. The van der Waals surface area contributed by atoms with E-state index in [1.807, 2.05) is 7.05 Å². The summed E-state index contributed by atoms with van der Waals surface area (Å²) in [7, 11) is 3.80. The van der Waals surface area contributed by atoms with Crippen LogP contribution in [0.3, 0.4) is 0 Å². The SMILES string of the molecule is CNCC(COC)N1CCC(C)(C)CC1. The monoisotopic (exact) mass is 214 g/mol. The van der Waals surface area contributed by atoms with E-state index in [0.29, 0.717) is 11.5 Å². The van der Waals surface area contributed by atoms with Gasteiger partial charge in [0.2, 0.25) is 0 Å². The highest BCUT2D eigenvalue weighted by molar-refractivity contribution is 4.83. The third-order valence-electron chi connectivity index (χ3n) is 3.47. The molecule has 1 N–H and O–H groups in total. The molecular weight excluding hydrogens is 188 g/mol. The summed E-state index contributed by atoms with van der Waals surface area (Å²) in [5.41, 5.74) is 0.535. The molecule has 1 fully saturated rings. The van der Waals surface area contributed by atoms with Gasteiger partial charge in [-0.15, -0.1) is 0 Å². The second-order valence-corrected chi connectivity index (χ2v) is 5.37. The third-order valence-corrected chi connectivity index (χ3v) is 3.47. The van der Waals surface area contributed by atoms with Crippen molar-refractivity contribution in [2.75, 3.05) is 40.4 Å². The van der Waals surface area contributed by atoms with Crippen LogP contribution in [0.2, 0.25) is 0 Å². The van der Waals surface area contributed by atoms with Gasteiger partial charge in [-0.1, -0.05) is 13.8 Å². The first-order valence-corrected chi connectivity index (χ1v) is 5.96. The summed E-state index contributed by atoms with van der Waals surface area (Å²) in [4.78, 5) is 2.56. The average Bonchev–Trinajstić information content (AvgIpc) is 2.18. The Kier molecular flexibility index (Phi) is 5.03. The van der Waals surface area contributed by atoms with Gasteiger partial charge in [0.1, 0.15) is 0 Å². The molecular formula is C12H26N2O.